The maximum absolute atomic E-state index is 12.3. The number of carbonyl (C=O) groups is 4. The van der Waals surface area contributed by atoms with E-state index in [1.54, 1.807) is 0 Å². The molecular weight excluding hydrogens is 376 g/mol. The van der Waals surface area contributed by atoms with Gasteiger partial charge in [0.25, 0.3) is 0 Å². The van der Waals surface area contributed by atoms with Crippen molar-refractivity contribution in [3.05, 3.63) is 29.8 Å². The summed E-state index contributed by atoms with van der Waals surface area (Å²) in [6.07, 6.45) is 0.0551. The second kappa shape index (κ2) is 8.30. The van der Waals surface area contributed by atoms with E-state index >= 15 is 0 Å². The Morgan fingerprint density at radius 3 is 2.22 bits per heavy atom. The number of amides is 2. The fourth-order valence-corrected chi connectivity index (χ4v) is 3.10. The third-order valence-electron chi connectivity index (χ3n) is 3.84. The van der Waals surface area contributed by atoms with E-state index in [2.05, 4.69) is 4.72 Å². The van der Waals surface area contributed by atoms with Crippen molar-refractivity contribution in [2.24, 2.45) is 0 Å². The van der Waals surface area contributed by atoms with E-state index in [0.717, 1.165) is 11.2 Å². The number of sulfonamides is 1. The molecule has 10 heteroatoms. The van der Waals surface area contributed by atoms with Crippen LogP contribution in [-0.4, -0.2) is 55.8 Å². The van der Waals surface area contributed by atoms with Crippen LogP contribution in [0.3, 0.4) is 0 Å². The lowest BCUT2D eigenvalue weighted by atomic mass is 10.1. The molecule has 9 nitrogen and oxygen atoms in total. The number of nitrogens with zero attached hydrogens (tertiary/aromatic N) is 1. The van der Waals surface area contributed by atoms with Crippen molar-refractivity contribution < 1.29 is 32.3 Å². The zero-order valence-electron chi connectivity index (χ0n) is 14.9. The number of esters is 1. The summed E-state index contributed by atoms with van der Waals surface area (Å²) in [5.74, 6) is -1.79. The molecule has 1 saturated heterocycles. The Morgan fingerprint density at radius 2 is 1.70 bits per heavy atom. The summed E-state index contributed by atoms with van der Waals surface area (Å²) >= 11 is 0. The van der Waals surface area contributed by atoms with Gasteiger partial charge in [-0.3, -0.25) is 28.8 Å². The van der Waals surface area contributed by atoms with E-state index in [4.69, 9.17) is 4.74 Å². The van der Waals surface area contributed by atoms with Crippen LogP contribution in [0.2, 0.25) is 0 Å². The first kappa shape index (κ1) is 20.6. The summed E-state index contributed by atoms with van der Waals surface area (Å²) in [5, 5.41) is 0. The molecule has 1 aliphatic rings. The summed E-state index contributed by atoms with van der Waals surface area (Å²) in [4.78, 5) is 48.2. The first-order chi connectivity index (χ1) is 12.6. The number of anilines is 1. The van der Waals surface area contributed by atoms with Crippen molar-refractivity contribution in [3.63, 3.8) is 0 Å². The molecule has 1 N–H and O–H groups in total. The number of ketones is 1. The standard InChI is InChI=1S/C17H20N2O7S/c1-11(26-16(22)9-10-19-14(20)7-8-15(19)21)17(23)12-3-5-13(6-4-12)18-27(2,24)25/h3-6,11,18H,7-10H2,1-2H3. The topological polar surface area (TPSA) is 127 Å². The highest BCUT2D eigenvalue weighted by molar-refractivity contribution is 7.92. The average molecular weight is 396 g/mol. The molecule has 1 fully saturated rings. The molecule has 0 radical (unpaired) electrons. The predicted octanol–water partition coefficient (Wildman–Crippen LogP) is 0.712. The van der Waals surface area contributed by atoms with Crippen molar-refractivity contribution in [3.8, 4) is 0 Å². The minimum atomic E-state index is -3.42. The lowest BCUT2D eigenvalue weighted by molar-refractivity contribution is -0.147. The Hall–Kier alpha value is -2.75. The van der Waals surface area contributed by atoms with Crippen LogP contribution in [0, 0.1) is 0 Å². The smallest absolute Gasteiger partial charge is 0.308 e. The Bertz CT molecular complexity index is 846. The van der Waals surface area contributed by atoms with Gasteiger partial charge >= 0.3 is 5.97 Å². The molecule has 0 aromatic heterocycles. The predicted molar refractivity (Wildman–Crippen MR) is 95.4 cm³/mol. The maximum Gasteiger partial charge on any atom is 0.308 e. The quantitative estimate of drug-likeness (QED) is 0.389. The molecule has 0 aliphatic carbocycles. The second-order valence-electron chi connectivity index (χ2n) is 6.14. The van der Waals surface area contributed by atoms with Crippen LogP contribution in [0.25, 0.3) is 0 Å². The molecule has 1 unspecified atom stereocenters. The van der Waals surface area contributed by atoms with Crippen LogP contribution in [-0.2, 0) is 29.1 Å². The number of ether oxygens (including phenoxy) is 1. The minimum Gasteiger partial charge on any atom is -0.454 e. The molecular formula is C17H20N2O7S. The molecule has 27 heavy (non-hydrogen) atoms. The number of nitrogens with one attached hydrogen (secondary N) is 1. The normalized spacial score (nSPS) is 15.6. The van der Waals surface area contributed by atoms with Crippen molar-refractivity contribution in [1.29, 1.82) is 0 Å². The molecule has 2 amide bonds. The summed E-state index contributed by atoms with van der Waals surface area (Å²) in [6, 6.07) is 5.68. The third-order valence-corrected chi connectivity index (χ3v) is 4.45. The fourth-order valence-electron chi connectivity index (χ4n) is 2.54. The second-order valence-corrected chi connectivity index (χ2v) is 7.89. The Kier molecular flexibility index (Phi) is 6.32. The van der Waals surface area contributed by atoms with Gasteiger partial charge in [-0.2, -0.15) is 0 Å². The zero-order chi connectivity index (χ0) is 20.2. The van der Waals surface area contributed by atoms with Gasteiger partial charge in [0.05, 0.1) is 12.7 Å². The largest absolute Gasteiger partial charge is 0.454 e. The summed E-state index contributed by atoms with van der Waals surface area (Å²) in [5.41, 5.74) is 0.554. The molecule has 0 bridgehead atoms. The van der Waals surface area contributed by atoms with Gasteiger partial charge in [0.15, 0.2) is 6.10 Å². The number of hydrogen-bond acceptors (Lipinski definition) is 7. The average Bonchev–Trinajstić information content (AvgIpc) is 2.90. The van der Waals surface area contributed by atoms with Crippen LogP contribution < -0.4 is 4.72 Å². The molecule has 1 aliphatic heterocycles. The summed E-state index contributed by atoms with van der Waals surface area (Å²) in [6.45, 7) is 1.35. The van der Waals surface area contributed by atoms with Gasteiger partial charge in [0.1, 0.15) is 0 Å². The van der Waals surface area contributed by atoms with E-state index in [1.165, 1.54) is 31.2 Å². The SMILES string of the molecule is CC(OC(=O)CCN1C(=O)CCC1=O)C(=O)c1ccc(NS(C)(=O)=O)cc1. The van der Waals surface area contributed by atoms with Gasteiger partial charge in [-0.25, -0.2) is 8.42 Å². The van der Waals surface area contributed by atoms with E-state index in [0.29, 0.717) is 5.69 Å². The van der Waals surface area contributed by atoms with Crippen molar-refractivity contribution in [2.75, 3.05) is 17.5 Å². The van der Waals surface area contributed by atoms with Crippen LogP contribution in [0.1, 0.15) is 36.5 Å². The van der Waals surface area contributed by atoms with Crippen molar-refractivity contribution >= 4 is 39.3 Å². The van der Waals surface area contributed by atoms with E-state index in [9.17, 15) is 27.6 Å². The van der Waals surface area contributed by atoms with E-state index < -0.39 is 27.9 Å². The van der Waals surface area contributed by atoms with Crippen molar-refractivity contribution in [2.45, 2.75) is 32.3 Å². The minimum absolute atomic E-state index is 0.0662. The van der Waals surface area contributed by atoms with Crippen LogP contribution >= 0.6 is 0 Å². The number of benzene rings is 1. The zero-order valence-corrected chi connectivity index (χ0v) is 15.7. The highest BCUT2D eigenvalue weighted by atomic mass is 32.2. The highest BCUT2D eigenvalue weighted by Crippen LogP contribution is 2.15. The van der Waals surface area contributed by atoms with E-state index in [-0.39, 0.29) is 43.2 Å². The van der Waals surface area contributed by atoms with Gasteiger partial charge in [0, 0.05) is 30.6 Å². The Labute approximate surface area is 156 Å². The molecule has 0 spiro atoms. The number of hydrogen-bond donors (Lipinski definition) is 1. The van der Waals surface area contributed by atoms with E-state index in [1.807, 2.05) is 0 Å². The fraction of sp³-hybridized carbons (Fsp3) is 0.412. The van der Waals surface area contributed by atoms with Crippen LogP contribution in [0.4, 0.5) is 5.69 Å². The molecule has 1 atom stereocenters. The number of carbonyl (C=O) groups excluding carboxylic acids is 4. The number of imide groups is 1. The van der Waals surface area contributed by atoms with Gasteiger partial charge in [-0.1, -0.05) is 0 Å². The summed E-state index contributed by atoms with van der Waals surface area (Å²) < 4.78 is 29.7. The Balaban J connectivity index is 1.88. The first-order valence-electron chi connectivity index (χ1n) is 8.21. The Morgan fingerprint density at radius 1 is 1.15 bits per heavy atom. The highest BCUT2D eigenvalue weighted by Gasteiger charge is 2.29. The molecule has 1 heterocycles. The lowest BCUT2D eigenvalue weighted by Crippen LogP contribution is -2.32. The number of rotatable bonds is 8. The summed E-state index contributed by atoms with van der Waals surface area (Å²) in [7, 11) is -3.42. The molecule has 0 saturated carbocycles. The lowest BCUT2D eigenvalue weighted by Gasteiger charge is -2.15. The maximum atomic E-state index is 12.3. The molecule has 2 rings (SSSR count). The number of Topliss-reactive ketones (excluding diaryl/α,β-unsaturated/α-hetero) is 1. The number of likely N-dealkylation sites (tertiary alicyclic amines) is 1. The van der Waals surface area contributed by atoms with Gasteiger partial charge in [-0.05, 0) is 31.2 Å². The molecule has 1 aromatic carbocycles. The van der Waals surface area contributed by atoms with Crippen LogP contribution in [0.5, 0.6) is 0 Å². The first-order valence-corrected chi connectivity index (χ1v) is 10.1. The molecule has 146 valence electrons. The van der Waals surface area contributed by atoms with Gasteiger partial charge < -0.3 is 4.74 Å². The molecule has 1 aromatic rings. The van der Waals surface area contributed by atoms with Crippen molar-refractivity contribution in [1.82, 2.24) is 4.90 Å². The van der Waals surface area contributed by atoms with Crippen LogP contribution in [0.15, 0.2) is 24.3 Å². The third kappa shape index (κ3) is 5.88. The van der Waals surface area contributed by atoms with Gasteiger partial charge in [-0.15, -0.1) is 0 Å². The monoisotopic (exact) mass is 396 g/mol. The van der Waals surface area contributed by atoms with Gasteiger partial charge in [0.2, 0.25) is 27.6 Å².